The molecule has 6 heteroatoms. The van der Waals surface area contributed by atoms with Gasteiger partial charge in [-0.15, -0.1) is 0 Å². The van der Waals surface area contributed by atoms with Crippen molar-refractivity contribution in [1.29, 1.82) is 0 Å². The number of hydrogen-bond donors (Lipinski definition) is 1. The van der Waals surface area contributed by atoms with E-state index in [1.165, 1.54) is 44.6 Å². The van der Waals surface area contributed by atoms with Crippen LogP contribution in [0.2, 0.25) is 5.15 Å². The Balaban J connectivity index is 1.43. The predicted molar refractivity (Wildman–Crippen MR) is 109 cm³/mol. The molecule has 26 heavy (non-hydrogen) atoms. The van der Waals surface area contributed by atoms with E-state index in [1.54, 1.807) is 0 Å². The quantitative estimate of drug-likeness (QED) is 0.855. The minimum atomic E-state index is 0.330. The van der Waals surface area contributed by atoms with Gasteiger partial charge in [0.15, 0.2) is 5.84 Å². The minimum Gasteiger partial charge on any atom is -0.348 e. The molecule has 0 aliphatic carbocycles. The normalized spacial score (nSPS) is 26.7. The predicted octanol–water partition coefficient (Wildman–Crippen LogP) is 3.55. The lowest BCUT2D eigenvalue weighted by molar-refractivity contribution is 0.257. The molecule has 3 aliphatic rings. The van der Waals surface area contributed by atoms with Crippen LogP contribution in [0.4, 0.5) is 0 Å². The number of H-pyrrole nitrogens is 1. The van der Waals surface area contributed by atoms with Crippen LogP contribution in [0.1, 0.15) is 55.7 Å². The first kappa shape index (κ1) is 18.2. The molecule has 4 rings (SSSR count). The fourth-order valence-corrected chi connectivity index (χ4v) is 4.59. The van der Waals surface area contributed by atoms with Crippen molar-refractivity contribution in [2.45, 2.75) is 50.5 Å². The summed E-state index contributed by atoms with van der Waals surface area (Å²) in [6.07, 6.45) is 9.35. The zero-order valence-corrected chi connectivity index (χ0v) is 16.5. The number of halogens is 1. The number of aromatic nitrogens is 1. The molecule has 1 N–H and O–H groups in total. The van der Waals surface area contributed by atoms with E-state index in [0.717, 1.165) is 43.8 Å². The topological polar surface area (TPSA) is 47.0 Å². The highest BCUT2D eigenvalue weighted by atomic mass is 35.5. The number of nitrogens with zero attached hydrogens (tertiary/aromatic N) is 4. The largest absolute Gasteiger partial charge is 0.348 e. The Morgan fingerprint density at radius 1 is 1.23 bits per heavy atom. The molecule has 1 unspecified atom stereocenters. The van der Waals surface area contributed by atoms with E-state index in [2.05, 4.69) is 28.0 Å². The van der Waals surface area contributed by atoms with Gasteiger partial charge in [-0.1, -0.05) is 11.6 Å². The van der Waals surface area contributed by atoms with E-state index < -0.39 is 0 Å². The number of fused-ring (bicyclic) bond motifs is 1. The van der Waals surface area contributed by atoms with Gasteiger partial charge in [0.1, 0.15) is 5.15 Å². The maximum Gasteiger partial charge on any atom is 0.156 e. The summed E-state index contributed by atoms with van der Waals surface area (Å²) in [6.45, 7) is 5.97. The molecule has 5 nitrogen and oxygen atoms in total. The van der Waals surface area contributed by atoms with E-state index in [0.29, 0.717) is 17.1 Å². The molecule has 3 aliphatic heterocycles. The Morgan fingerprint density at radius 2 is 2.00 bits per heavy atom. The summed E-state index contributed by atoms with van der Waals surface area (Å²) in [5, 5.41) is 0.695. The van der Waals surface area contributed by atoms with Crippen molar-refractivity contribution in [3.8, 4) is 0 Å². The number of aliphatic imine (C=N–C) groups is 2. The Kier molecular flexibility index (Phi) is 5.77. The Bertz CT molecular complexity index is 666. The van der Waals surface area contributed by atoms with E-state index in [9.17, 15) is 0 Å². The van der Waals surface area contributed by atoms with Gasteiger partial charge in [-0.2, -0.15) is 0 Å². The second-order valence-corrected chi connectivity index (χ2v) is 8.41. The molecule has 1 aromatic heterocycles. The van der Waals surface area contributed by atoms with Crippen LogP contribution >= 0.6 is 11.6 Å². The van der Waals surface area contributed by atoms with E-state index in [1.807, 2.05) is 6.07 Å². The van der Waals surface area contributed by atoms with Gasteiger partial charge in [0.25, 0.3) is 0 Å². The van der Waals surface area contributed by atoms with Crippen LogP contribution in [-0.2, 0) is 0 Å². The molecule has 0 radical (unpaired) electrons. The molecule has 2 saturated heterocycles. The van der Waals surface area contributed by atoms with Gasteiger partial charge < -0.3 is 14.8 Å². The summed E-state index contributed by atoms with van der Waals surface area (Å²) in [5.41, 5.74) is 2.32. The van der Waals surface area contributed by atoms with E-state index in [-0.39, 0.29) is 0 Å². The monoisotopic (exact) mass is 375 g/mol. The van der Waals surface area contributed by atoms with Crippen LogP contribution in [0.25, 0.3) is 0 Å². The molecular formula is C20H30ClN5. The van der Waals surface area contributed by atoms with Crippen LogP contribution in [0, 0.1) is 0 Å². The fourth-order valence-electron chi connectivity index (χ4n) is 4.38. The molecule has 0 bridgehead atoms. The Labute approximate surface area is 161 Å². The number of aromatic amines is 1. The van der Waals surface area contributed by atoms with Crippen molar-refractivity contribution in [3.63, 3.8) is 0 Å². The second kappa shape index (κ2) is 8.24. The minimum absolute atomic E-state index is 0.330. The lowest BCUT2D eigenvalue weighted by atomic mass is 9.94. The van der Waals surface area contributed by atoms with Gasteiger partial charge in [0.2, 0.25) is 0 Å². The highest BCUT2D eigenvalue weighted by Gasteiger charge is 2.25. The second-order valence-electron chi connectivity index (χ2n) is 8.01. The molecule has 0 spiro atoms. The first-order valence-electron chi connectivity index (χ1n) is 10.1. The number of nitrogens with one attached hydrogen (secondary N) is 1. The molecule has 1 aromatic rings. The van der Waals surface area contributed by atoms with Crippen molar-refractivity contribution in [1.82, 2.24) is 14.8 Å². The maximum atomic E-state index is 6.30. The zero-order chi connectivity index (χ0) is 17.9. The summed E-state index contributed by atoms with van der Waals surface area (Å²) in [7, 11) is 2.18. The summed E-state index contributed by atoms with van der Waals surface area (Å²) in [6, 6.07) is 2.39. The Hall–Kier alpha value is -1.17. The summed E-state index contributed by atoms with van der Waals surface area (Å²) >= 11 is 6.30. The fraction of sp³-hybridized carbons (Fsp3) is 0.700. The lowest BCUT2D eigenvalue weighted by Gasteiger charge is -2.27. The number of hydrogen-bond acceptors (Lipinski definition) is 3. The average molecular weight is 376 g/mol. The molecule has 142 valence electrons. The smallest absolute Gasteiger partial charge is 0.156 e. The summed E-state index contributed by atoms with van der Waals surface area (Å²) in [5.74, 6) is 1.20. The van der Waals surface area contributed by atoms with Gasteiger partial charge in [-0.25, -0.2) is 4.99 Å². The molecule has 0 saturated carbocycles. The molecule has 1 atom stereocenters. The highest BCUT2D eigenvalue weighted by molar-refractivity contribution is 6.30. The van der Waals surface area contributed by atoms with Crippen LogP contribution in [0.3, 0.4) is 0 Å². The summed E-state index contributed by atoms with van der Waals surface area (Å²) in [4.78, 5) is 18.0. The van der Waals surface area contributed by atoms with E-state index >= 15 is 0 Å². The van der Waals surface area contributed by atoms with Crippen LogP contribution in [-0.4, -0.2) is 72.6 Å². The molecule has 4 heterocycles. The summed E-state index contributed by atoms with van der Waals surface area (Å²) < 4.78 is 0. The van der Waals surface area contributed by atoms with Gasteiger partial charge >= 0.3 is 0 Å². The highest BCUT2D eigenvalue weighted by Crippen LogP contribution is 2.30. The van der Waals surface area contributed by atoms with Crippen LogP contribution < -0.4 is 0 Å². The van der Waals surface area contributed by atoms with Crippen molar-refractivity contribution in [2.75, 3.05) is 39.8 Å². The number of rotatable bonds is 5. The molecule has 0 aromatic carbocycles. The van der Waals surface area contributed by atoms with Crippen LogP contribution in [0.15, 0.2) is 16.1 Å². The zero-order valence-electron chi connectivity index (χ0n) is 15.8. The molecule has 0 amide bonds. The third-order valence-corrected chi connectivity index (χ3v) is 6.19. The van der Waals surface area contributed by atoms with Gasteiger partial charge in [0, 0.05) is 23.4 Å². The van der Waals surface area contributed by atoms with Gasteiger partial charge in [-0.3, -0.25) is 4.99 Å². The third kappa shape index (κ3) is 4.21. The van der Waals surface area contributed by atoms with Crippen molar-refractivity contribution < 1.29 is 0 Å². The average Bonchev–Trinajstić information content (AvgIpc) is 3.28. The van der Waals surface area contributed by atoms with Gasteiger partial charge in [-0.05, 0) is 84.4 Å². The number of amidine groups is 1. The standard InChI is InChI=1S/C20H30ClN5/c1-25-11-6-16(7-12-25)23-20-17-13-18(21)24-19(17)15(14-22-20)5-4-10-26-8-2-3-9-26/h13-16,24H,2-12H2,1H3. The molecule has 2 fully saturated rings. The van der Waals surface area contributed by atoms with Crippen LogP contribution in [0.5, 0.6) is 0 Å². The van der Waals surface area contributed by atoms with Crippen molar-refractivity contribution >= 4 is 23.7 Å². The maximum absolute atomic E-state index is 6.30. The Morgan fingerprint density at radius 3 is 2.77 bits per heavy atom. The third-order valence-electron chi connectivity index (χ3n) is 5.98. The first-order valence-corrected chi connectivity index (χ1v) is 10.5. The number of likely N-dealkylation sites (tertiary alicyclic amines) is 2. The van der Waals surface area contributed by atoms with Crippen molar-refractivity contribution in [3.05, 3.63) is 22.5 Å². The number of piperidine rings is 1. The first-order chi connectivity index (χ1) is 12.7. The van der Waals surface area contributed by atoms with Gasteiger partial charge in [0.05, 0.1) is 6.04 Å². The van der Waals surface area contributed by atoms with Crippen molar-refractivity contribution in [2.24, 2.45) is 9.98 Å². The lowest BCUT2D eigenvalue weighted by Crippen LogP contribution is -2.32. The SMILES string of the molecule is CN1CCC(N=C2N=CC(CCCN3CCCC3)c3[nH]c(Cl)cc32)CC1. The van der Waals surface area contributed by atoms with E-state index in [4.69, 9.17) is 21.6 Å². The molecular weight excluding hydrogens is 346 g/mol.